The topological polar surface area (TPSA) is 46.5 Å². The molecule has 0 bridgehead atoms. The molecule has 8 aromatic carbocycles. The number of amidine groups is 2. The van der Waals surface area contributed by atoms with Gasteiger partial charge in [0, 0.05) is 56.8 Å². The molecule has 0 fully saturated rings. The zero-order valence-electron chi connectivity index (χ0n) is 34.8. The van der Waals surface area contributed by atoms with E-state index in [-0.39, 0.29) is 6.17 Å². The number of hydrogen-bond donors (Lipinski definition) is 1. The first-order valence-electron chi connectivity index (χ1n) is 21.5. The molecule has 0 spiro atoms. The zero-order valence-corrected chi connectivity index (χ0v) is 34.8. The highest BCUT2D eigenvalue weighted by molar-refractivity contribution is 6.13. The molecule has 0 saturated carbocycles. The molecule has 1 heterocycles. The minimum absolute atomic E-state index is 0.357. The van der Waals surface area contributed by atoms with Gasteiger partial charge < -0.3 is 20.0 Å². The fraction of sp³-hybridized carbons (Fsp3) is 0.0526. The SMILES string of the molecule is C1=C(C2=NC(c3ccc(N(c4ccccc4)c4ccccc4)cc3)=NC(c3ccc(N(c4ccccc4)c4ccccc4)cc3)N2)CCC(N(c2ccccc2)c2ccccc2)=C1. The lowest BCUT2D eigenvalue weighted by Crippen LogP contribution is -2.34. The van der Waals surface area contributed by atoms with E-state index in [0.29, 0.717) is 5.84 Å². The molecule has 1 unspecified atom stereocenters. The van der Waals surface area contributed by atoms with E-state index >= 15 is 0 Å². The van der Waals surface area contributed by atoms with Crippen LogP contribution in [0.3, 0.4) is 0 Å². The average molecular weight is 815 g/mol. The van der Waals surface area contributed by atoms with E-state index in [0.717, 1.165) is 80.9 Å². The molecule has 6 nitrogen and oxygen atoms in total. The summed E-state index contributed by atoms with van der Waals surface area (Å²) >= 11 is 0. The molecule has 304 valence electrons. The maximum atomic E-state index is 5.31. The first kappa shape index (κ1) is 38.9. The largest absolute Gasteiger partial charge is 0.344 e. The normalized spacial score (nSPS) is 14.6. The first-order chi connectivity index (χ1) is 31.2. The molecule has 1 N–H and O–H groups in total. The van der Waals surface area contributed by atoms with Gasteiger partial charge in [-0.25, -0.2) is 9.98 Å². The van der Waals surface area contributed by atoms with Gasteiger partial charge in [0.15, 0.2) is 5.84 Å². The zero-order chi connectivity index (χ0) is 42.2. The van der Waals surface area contributed by atoms with Crippen molar-refractivity contribution in [2.75, 3.05) is 14.7 Å². The minimum atomic E-state index is -0.357. The van der Waals surface area contributed by atoms with E-state index in [9.17, 15) is 0 Å². The van der Waals surface area contributed by atoms with E-state index in [1.54, 1.807) is 0 Å². The number of hydrogen-bond acceptors (Lipinski definition) is 6. The molecule has 1 aliphatic heterocycles. The van der Waals surface area contributed by atoms with Crippen LogP contribution < -0.4 is 20.0 Å². The molecule has 0 amide bonds. The molecule has 0 saturated heterocycles. The van der Waals surface area contributed by atoms with Crippen LogP contribution in [0.4, 0.5) is 45.5 Å². The highest BCUT2D eigenvalue weighted by Gasteiger charge is 2.26. The van der Waals surface area contributed by atoms with Crippen molar-refractivity contribution >= 4 is 57.2 Å². The second-order valence-electron chi connectivity index (χ2n) is 15.5. The quantitative estimate of drug-likeness (QED) is 0.133. The Morgan fingerprint density at radius 3 is 1.11 bits per heavy atom. The molecule has 0 radical (unpaired) electrons. The van der Waals surface area contributed by atoms with Gasteiger partial charge in [0.25, 0.3) is 0 Å². The van der Waals surface area contributed by atoms with Crippen LogP contribution in [-0.2, 0) is 0 Å². The van der Waals surface area contributed by atoms with Crippen LogP contribution >= 0.6 is 0 Å². The van der Waals surface area contributed by atoms with E-state index in [1.165, 1.54) is 5.70 Å². The van der Waals surface area contributed by atoms with Gasteiger partial charge in [-0.3, -0.25) is 0 Å². The third kappa shape index (κ3) is 8.56. The molecule has 8 aromatic rings. The minimum Gasteiger partial charge on any atom is -0.344 e. The smallest absolute Gasteiger partial charge is 0.159 e. The average Bonchev–Trinajstić information content (AvgIpc) is 3.37. The number of para-hydroxylation sites is 6. The molecular weight excluding hydrogens is 769 g/mol. The summed E-state index contributed by atoms with van der Waals surface area (Å²) in [6, 6.07) is 80.5. The Morgan fingerprint density at radius 1 is 0.365 bits per heavy atom. The molecule has 0 aromatic heterocycles. The van der Waals surface area contributed by atoms with Crippen molar-refractivity contribution < 1.29 is 0 Å². The molecule has 63 heavy (non-hydrogen) atoms. The highest BCUT2D eigenvalue weighted by atomic mass is 15.2. The first-order valence-corrected chi connectivity index (χ1v) is 21.5. The number of allylic oxidation sites excluding steroid dienone is 3. The van der Waals surface area contributed by atoms with Crippen molar-refractivity contribution in [1.29, 1.82) is 0 Å². The van der Waals surface area contributed by atoms with Gasteiger partial charge in [0.1, 0.15) is 12.0 Å². The van der Waals surface area contributed by atoms with Crippen molar-refractivity contribution in [3.05, 3.63) is 265 Å². The Labute approximate surface area is 369 Å². The number of nitrogens with zero attached hydrogens (tertiary/aromatic N) is 5. The van der Waals surface area contributed by atoms with Crippen LogP contribution in [0.1, 0.15) is 30.1 Å². The van der Waals surface area contributed by atoms with Crippen molar-refractivity contribution in [1.82, 2.24) is 5.32 Å². The van der Waals surface area contributed by atoms with E-state index in [4.69, 9.17) is 9.98 Å². The van der Waals surface area contributed by atoms with Gasteiger partial charge in [-0.1, -0.05) is 127 Å². The molecule has 10 rings (SSSR count). The summed E-state index contributed by atoms with van der Waals surface area (Å²) in [5.74, 6) is 1.53. The number of anilines is 8. The lowest BCUT2D eigenvalue weighted by molar-refractivity contribution is 0.670. The second-order valence-corrected chi connectivity index (χ2v) is 15.5. The van der Waals surface area contributed by atoms with Crippen molar-refractivity contribution in [3.8, 4) is 0 Å². The molecule has 1 aliphatic carbocycles. The van der Waals surface area contributed by atoms with Gasteiger partial charge in [0.05, 0.1) is 0 Å². The van der Waals surface area contributed by atoms with Crippen LogP contribution in [0.2, 0.25) is 0 Å². The Hall–Kier alpha value is -8.22. The van der Waals surface area contributed by atoms with Gasteiger partial charge in [-0.2, -0.15) is 0 Å². The monoisotopic (exact) mass is 814 g/mol. The molecular formula is C57H46N6. The second kappa shape index (κ2) is 18.2. The molecule has 2 aliphatic rings. The van der Waals surface area contributed by atoms with Crippen LogP contribution in [-0.4, -0.2) is 11.7 Å². The van der Waals surface area contributed by atoms with Crippen LogP contribution in [0.5, 0.6) is 0 Å². The number of nitrogens with one attached hydrogen (secondary N) is 1. The van der Waals surface area contributed by atoms with E-state index in [1.807, 2.05) is 12.1 Å². The van der Waals surface area contributed by atoms with Crippen LogP contribution in [0.15, 0.2) is 264 Å². The Balaban J connectivity index is 1.01. The summed E-state index contributed by atoms with van der Waals surface area (Å²) in [5.41, 5.74) is 13.1. The van der Waals surface area contributed by atoms with Crippen LogP contribution in [0.25, 0.3) is 0 Å². The molecule has 1 atom stereocenters. The van der Waals surface area contributed by atoms with Gasteiger partial charge in [-0.05, 0) is 139 Å². The lowest BCUT2D eigenvalue weighted by Gasteiger charge is -2.31. The van der Waals surface area contributed by atoms with E-state index < -0.39 is 0 Å². The van der Waals surface area contributed by atoms with Gasteiger partial charge in [0.2, 0.25) is 0 Å². The summed E-state index contributed by atoms with van der Waals surface area (Å²) < 4.78 is 0. The van der Waals surface area contributed by atoms with Gasteiger partial charge in [-0.15, -0.1) is 0 Å². The van der Waals surface area contributed by atoms with Crippen molar-refractivity contribution in [2.45, 2.75) is 19.0 Å². The maximum Gasteiger partial charge on any atom is 0.159 e. The standard InChI is InChI=1S/C57H46N6/c1-7-19-46(20-8-1)61(47-21-9-2-10-22-47)52-37-31-43(32-38-52)55-58-56(44-33-39-53(40-34-44)62(48-23-11-3-12-24-48)49-25-13-4-14-26-49)60-57(59-55)45-35-41-54(42-36-45)63(50-27-15-5-16-28-50)51-29-17-6-18-30-51/h1-35,37-41,55H,36,42H2,(H,58,59,60). The third-order valence-electron chi connectivity index (χ3n) is 11.4. The van der Waals surface area contributed by atoms with Crippen LogP contribution in [0, 0.1) is 0 Å². The molecule has 6 heteroatoms. The summed E-state index contributed by atoms with van der Waals surface area (Å²) in [6.07, 6.45) is 5.78. The third-order valence-corrected chi connectivity index (χ3v) is 11.4. The highest BCUT2D eigenvalue weighted by Crippen LogP contribution is 2.38. The summed E-state index contributed by atoms with van der Waals surface area (Å²) in [5, 5.41) is 3.76. The summed E-state index contributed by atoms with van der Waals surface area (Å²) in [6.45, 7) is 0. The van der Waals surface area contributed by atoms with Gasteiger partial charge >= 0.3 is 0 Å². The Kier molecular flexibility index (Phi) is 11.2. The van der Waals surface area contributed by atoms with E-state index in [2.05, 4.69) is 251 Å². The lowest BCUT2D eigenvalue weighted by atomic mass is 9.98. The predicted octanol–water partition coefficient (Wildman–Crippen LogP) is 14.5. The fourth-order valence-electron chi connectivity index (χ4n) is 8.33. The number of benzene rings is 8. The summed E-state index contributed by atoms with van der Waals surface area (Å²) in [7, 11) is 0. The fourth-order valence-corrected chi connectivity index (χ4v) is 8.33. The number of rotatable bonds is 12. The Bertz CT molecular complexity index is 2760. The van der Waals surface area contributed by atoms with Crippen molar-refractivity contribution in [2.24, 2.45) is 9.98 Å². The number of aliphatic imine (C=N–C) groups is 2. The Morgan fingerprint density at radius 2 is 0.730 bits per heavy atom. The maximum absolute atomic E-state index is 5.31. The van der Waals surface area contributed by atoms with Crippen molar-refractivity contribution in [3.63, 3.8) is 0 Å². The predicted molar refractivity (Wildman–Crippen MR) is 263 cm³/mol. The summed E-state index contributed by atoms with van der Waals surface area (Å²) in [4.78, 5) is 17.5.